The molecule has 1 N–H and O–H groups in total. The SMILES string of the molecule is CCNC(=NCc1cc(C(=O)OC)c(C)o1)N1CCN(c2ncccn2)CC1. The number of guanidine groups is 1. The number of piperazine rings is 1. The minimum atomic E-state index is -0.400. The largest absolute Gasteiger partial charge is 0.465 e. The first-order valence-electron chi connectivity index (χ1n) is 9.35. The van der Waals surface area contributed by atoms with Crippen LogP contribution in [0.2, 0.25) is 0 Å². The molecule has 0 atom stereocenters. The summed E-state index contributed by atoms with van der Waals surface area (Å²) in [6.45, 7) is 8.17. The lowest BCUT2D eigenvalue weighted by atomic mass is 10.2. The molecule has 0 bridgehead atoms. The normalized spacial score (nSPS) is 14.9. The van der Waals surface area contributed by atoms with Crippen molar-refractivity contribution in [2.24, 2.45) is 4.99 Å². The van der Waals surface area contributed by atoms with Gasteiger partial charge >= 0.3 is 5.97 Å². The van der Waals surface area contributed by atoms with Crippen molar-refractivity contribution in [3.63, 3.8) is 0 Å². The van der Waals surface area contributed by atoms with Gasteiger partial charge in [-0.15, -0.1) is 0 Å². The molecule has 0 unspecified atom stereocenters. The molecular formula is C19H26N6O3. The van der Waals surface area contributed by atoms with Gasteiger partial charge in [-0.2, -0.15) is 0 Å². The average Bonchev–Trinajstić information content (AvgIpc) is 3.12. The third-order valence-corrected chi connectivity index (χ3v) is 4.51. The number of methoxy groups -OCH3 is 1. The van der Waals surface area contributed by atoms with E-state index in [0.29, 0.717) is 23.6 Å². The van der Waals surface area contributed by atoms with E-state index in [9.17, 15) is 4.79 Å². The van der Waals surface area contributed by atoms with Crippen molar-refractivity contribution < 1.29 is 13.9 Å². The van der Waals surface area contributed by atoms with Crippen molar-refractivity contribution in [3.8, 4) is 0 Å². The van der Waals surface area contributed by atoms with Crippen LogP contribution in [0.25, 0.3) is 0 Å². The first-order chi connectivity index (χ1) is 13.6. The molecule has 0 spiro atoms. The van der Waals surface area contributed by atoms with Crippen LogP contribution in [0.4, 0.5) is 5.95 Å². The molecule has 2 aromatic rings. The highest BCUT2D eigenvalue weighted by Crippen LogP contribution is 2.17. The van der Waals surface area contributed by atoms with Crippen molar-refractivity contribution in [1.82, 2.24) is 20.2 Å². The Morgan fingerprint density at radius 1 is 1.29 bits per heavy atom. The van der Waals surface area contributed by atoms with Gasteiger partial charge in [0.1, 0.15) is 23.6 Å². The highest BCUT2D eigenvalue weighted by atomic mass is 16.5. The number of carbonyl (C=O) groups excluding carboxylic acids is 1. The molecule has 9 heteroatoms. The first-order valence-corrected chi connectivity index (χ1v) is 9.35. The summed E-state index contributed by atoms with van der Waals surface area (Å²) in [5.41, 5.74) is 0.439. The van der Waals surface area contributed by atoms with Crippen LogP contribution in [0.15, 0.2) is 33.9 Å². The Morgan fingerprint density at radius 3 is 2.64 bits per heavy atom. The molecule has 3 rings (SSSR count). The summed E-state index contributed by atoms with van der Waals surface area (Å²) < 4.78 is 10.4. The number of hydrogen-bond donors (Lipinski definition) is 1. The summed E-state index contributed by atoms with van der Waals surface area (Å²) in [6, 6.07) is 3.51. The first kappa shape index (κ1) is 19.7. The van der Waals surface area contributed by atoms with E-state index in [-0.39, 0.29) is 0 Å². The maximum absolute atomic E-state index is 11.7. The molecule has 3 heterocycles. The van der Waals surface area contributed by atoms with Gasteiger partial charge in [-0.1, -0.05) is 0 Å². The lowest BCUT2D eigenvalue weighted by molar-refractivity contribution is 0.0599. The zero-order valence-corrected chi connectivity index (χ0v) is 16.5. The van der Waals surface area contributed by atoms with E-state index >= 15 is 0 Å². The van der Waals surface area contributed by atoms with Crippen molar-refractivity contribution in [2.75, 3.05) is 44.7 Å². The van der Waals surface area contributed by atoms with E-state index in [1.54, 1.807) is 25.4 Å². The second kappa shape index (κ2) is 9.20. The highest BCUT2D eigenvalue weighted by molar-refractivity contribution is 5.90. The maximum atomic E-state index is 11.7. The van der Waals surface area contributed by atoms with E-state index in [2.05, 4.69) is 30.1 Å². The predicted octanol–water partition coefficient (Wildman–Crippen LogP) is 1.45. The minimum Gasteiger partial charge on any atom is -0.465 e. The lowest BCUT2D eigenvalue weighted by Crippen LogP contribution is -2.52. The Balaban J connectivity index is 1.64. The van der Waals surface area contributed by atoms with E-state index in [1.807, 2.05) is 13.0 Å². The number of nitrogens with zero attached hydrogens (tertiary/aromatic N) is 5. The molecule has 1 fully saturated rings. The summed E-state index contributed by atoms with van der Waals surface area (Å²) in [7, 11) is 1.36. The van der Waals surface area contributed by atoms with Gasteiger partial charge in [0.2, 0.25) is 5.95 Å². The summed E-state index contributed by atoms with van der Waals surface area (Å²) >= 11 is 0. The fraction of sp³-hybridized carbons (Fsp3) is 0.474. The second-order valence-corrected chi connectivity index (χ2v) is 6.37. The lowest BCUT2D eigenvalue weighted by Gasteiger charge is -2.36. The van der Waals surface area contributed by atoms with Gasteiger partial charge in [-0.3, -0.25) is 0 Å². The van der Waals surface area contributed by atoms with Crippen LogP contribution in [0.3, 0.4) is 0 Å². The second-order valence-electron chi connectivity index (χ2n) is 6.37. The Kier molecular flexibility index (Phi) is 6.46. The molecule has 150 valence electrons. The van der Waals surface area contributed by atoms with Crippen molar-refractivity contribution in [3.05, 3.63) is 41.6 Å². The third kappa shape index (κ3) is 4.59. The number of aryl methyl sites for hydroxylation is 1. The van der Waals surface area contributed by atoms with E-state index in [1.165, 1.54) is 7.11 Å². The summed E-state index contributed by atoms with van der Waals surface area (Å²) in [6.07, 6.45) is 3.52. The summed E-state index contributed by atoms with van der Waals surface area (Å²) in [4.78, 5) is 29.4. The number of aromatic nitrogens is 2. The van der Waals surface area contributed by atoms with Crippen LogP contribution < -0.4 is 10.2 Å². The van der Waals surface area contributed by atoms with E-state index in [0.717, 1.165) is 44.6 Å². The summed E-state index contributed by atoms with van der Waals surface area (Å²) in [5.74, 6) is 2.35. The van der Waals surface area contributed by atoms with Crippen LogP contribution in [-0.2, 0) is 11.3 Å². The summed E-state index contributed by atoms with van der Waals surface area (Å²) in [5, 5.41) is 3.33. The third-order valence-electron chi connectivity index (χ3n) is 4.51. The molecule has 2 aromatic heterocycles. The van der Waals surface area contributed by atoms with Gasteiger partial charge in [0, 0.05) is 45.1 Å². The van der Waals surface area contributed by atoms with Gasteiger partial charge in [0.05, 0.1) is 7.11 Å². The van der Waals surface area contributed by atoms with Crippen molar-refractivity contribution in [2.45, 2.75) is 20.4 Å². The maximum Gasteiger partial charge on any atom is 0.341 e. The zero-order chi connectivity index (χ0) is 19.9. The Bertz CT molecular complexity index is 812. The number of carbonyl (C=O) groups is 1. The molecule has 9 nitrogen and oxygen atoms in total. The molecule has 0 aromatic carbocycles. The van der Waals surface area contributed by atoms with Crippen LogP contribution in [0.5, 0.6) is 0 Å². The Hall–Kier alpha value is -3.10. The van der Waals surface area contributed by atoms with Crippen molar-refractivity contribution >= 4 is 17.9 Å². The fourth-order valence-corrected chi connectivity index (χ4v) is 3.09. The number of anilines is 1. The molecule has 1 saturated heterocycles. The van der Waals surface area contributed by atoms with Crippen LogP contribution >= 0.6 is 0 Å². The number of furan rings is 1. The molecule has 28 heavy (non-hydrogen) atoms. The number of esters is 1. The number of rotatable bonds is 5. The highest BCUT2D eigenvalue weighted by Gasteiger charge is 2.21. The predicted molar refractivity (Wildman–Crippen MR) is 105 cm³/mol. The Morgan fingerprint density at radius 2 is 2.00 bits per heavy atom. The average molecular weight is 386 g/mol. The molecule has 1 aliphatic heterocycles. The van der Waals surface area contributed by atoms with Gasteiger partial charge < -0.3 is 24.3 Å². The topological polar surface area (TPSA) is 96.1 Å². The molecule has 0 amide bonds. The van der Waals surface area contributed by atoms with Gasteiger partial charge in [-0.05, 0) is 26.0 Å². The van der Waals surface area contributed by atoms with E-state index < -0.39 is 5.97 Å². The molecule has 0 radical (unpaired) electrons. The van der Waals surface area contributed by atoms with Crippen LogP contribution in [0.1, 0.15) is 28.8 Å². The van der Waals surface area contributed by atoms with Crippen LogP contribution in [-0.4, -0.2) is 66.6 Å². The molecule has 1 aliphatic rings. The van der Waals surface area contributed by atoms with Gasteiger partial charge in [-0.25, -0.2) is 19.8 Å². The van der Waals surface area contributed by atoms with E-state index in [4.69, 9.17) is 9.15 Å². The molecular weight excluding hydrogens is 360 g/mol. The van der Waals surface area contributed by atoms with Gasteiger partial charge in [0.25, 0.3) is 0 Å². The fourth-order valence-electron chi connectivity index (χ4n) is 3.09. The minimum absolute atomic E-state index is 0.349. The number of hydrogen-bond acceptors (Lipinski definition) is 7. The number of aliphatic imine (C=N–C) groups is 1. The zero-order valence-electron chi connectivity index (χ0n) is 16.5. The monoisotopic (exact) mass is 386 g/mol. The number of ether oxygens (including phenoxy) is 1. The smallest absolute Gasteiger partial charge is 0.341 e. The van der Waals surface area contributed by atoms with Crippen molar-refractivity contribution in [1.29, 1.82) is 0 Å². The Labute approximate surface area is 164 Å². The quantitative estimate of drug-likeness (QED) is 0.469. The van der Waals surface area contributed by atoms with Gasteiger partial charge in [0.15, 0.2) is 5.96 Å². The molecule has 0 aliphatic carbocycles. The van der Waals surface area contributed by atoms with Crippen LogP contribution in [0, 0.1) is 6.92 Å². The number of nitrogens with one attached hydrogen (secondary N) is 1. The standard InChI is InChI=1S/C19H26N6O3/c1-4-20-18(23-13-15-12-16(14(2)28-15)17(26)27-3)24-8-10-25(11-9-24)19-21-6-5-7-22-19/h5-7,12H,4,8-11,13H2,1-3H3,(H,20,23). The molecule has 0 saturated carbocycles.